The van der Waals surface area contributed by atoms with Crippen molar-refractivity contribution < 1.29 is 18.9 Å². The van der Waals surface area contributed by atoms with E-state index in [0.717, 1.165) is 125 Å². The molecule has 108 heavy (non-hydrogen) atoms. The fourth-order valence-corrected chi connectivity index (χ4v) is 16.3. The third kappa shape index (κ3) is 12.2. The van der Waals surface area contributed by atoms with E-state index in [1.165, 1.54) is 44.5 Å². The smallest absolute Gasteiger partial charge is 0.127 e. The van der Waals surface area contributed by atoms with Crippen LogP contribution in [0.2, 0.25) is 0 Å². The third-order valence-corrected chi connectivity index (χ3v) is 21.3. The fourth-order valence-electron chi connectivity index (χ4n) is 16.3. The van der Waals surface area contributed by atoms with E-state index in [9.17, 15) is 0 Å². The number of para-hydroxylation sites is 3. The maximum Gasteiger partial charge on any atom is 0.127 e. The van der Waals surface area contributed by atoms with Crippen LogP contribution in [0.25, 0.3) is 45.5 Å². The van der Waals surface area contributed by atoms with Crippen molar-refractivity contribution in [2.45, 2.75) is 23.3 Å². The molecule has 0 spiro atoms. The van der Waals surface area contributed by atoms with E-state index in [-0.39, 0.29) is 6.04 Å². The molecule has 6 nitrogen and oxygen atoms in total. The van der Waals surface area contributed by atoms with Crippen LogP contribution in [0.5, 0.6) is 46.0 Å². The van der Waals surface area contributed by atoms with Gasteiger partial charge in [0, 0.05) is 28.4 Å². The van der Waals surface area contributed by atoms with Crippen LogP contribution in [0.1, 0.15) is 62.1 Å². The quantitative estimate of drug-likeness (QED) is 0.0714. The van der Waals surface area contributed by atoms with Gasteiger partial charge in [0.25, 0.3) is 0 Å². The van der Waals surface area contributed by atoms with Gasteiger partial charge in [-0.2, -0.15) is 0 Å². The van der Waals surface area contributed by atoms with Gasteiger partial charge in [0.05, 0.1) is 16.9 Å². The van der Waals surface area contributed by atoms with Crippen LogP contribution in [0.15, 0.2) is 408 Å². The molecule has 0 aromatic heterocycles. The molecule has 0 fully saturated rings. The monoisotopic (exact) mass is 1390 g/mol. The summed E-state index contributed by atoms with van der Waals surface area (Å²) in [6, 6.07) is 131. The average molecular weight is 1390 g/mol. The maximum absolute atomic E-state index is 6.50. The average Bonchev–Trinajstić information content (AvgIpc) is 1.54. The number of allylic oxidation sites excluding steroid dienone is 2. The Morgan fingerprint density at radius 1 is 0.278 bits per heavy atom. The van der Waals surface area contributed by atoms with Gasteiger partial charge in [-0.05, 0) is 253 Å². The third-order valence-electron chi connectivity index (χ3n) is 21.3. The Kier molecular flexibility index (Phi) is 17.5. The van der Waals surface area contributed by atoms with Crippen molar-refractivity contribution in [3.05, 3.63) is 463 Å². The topological polar surface area (TPSA) is 43.4 Å². The zero-order valence-corrected chi connectivity index (χ0v) is 59.4. The number of rotatable bonds is 21. The van der Waals surface area contributed by atoms with E-state index in [1.807, 2.05) is 121 Å². The summed E-state index contributed by atoms with van der Waals surface area (Å²) in [5.74, 6) is 6.11. The van der Waals surface area contributed by atoms with Crippen molar-refractivity contribution in [1.29, 1.82) is 0 Å². The Balaban J connectivity index is 0.701. The fraction of sp³-hybridized carbons (Fsp3) is 0.0392. The Morgan fingerprint density at radius 2 is 0.602 bits per heavy atom. The van der Waals surface area contributed by atoms with Crippen LogP contribution in [-0.2, 0) is 10.8 Å². The van der Waals surface area contributed by atoms with Gasteiger partial charge >= 0.3 is 0 Å². The zero-order valence-electron chi connectivity index (χ0n) is 59.4. The number of fused-ring (bicyclic) bond motifs is 6. The minimum atomic E-state index is -0.748. The highest BCUT2D eigenvalue weighted by Crippen LogP contribution is 2.60. The Labute approximate surface area is 631 Å². The summed E-state index contributed by atoms with van der Waals surface area (Å²) in [4.78, 5) is 4.89. The first-order chi connectivity index (χ1) is 53.4. The highest BCUT2D eigenvalue weighted by Gasteiger charge is 2.48. The van der Waals surface area contributed by atoms with Gasteiger partial charge in [-0.15, -0.1) is 0 Å². The van der Waals surface area contributed by atoms with Gasteiger partial charge in [0.15, 0.2) is 0 Å². The number of anilines is 5. The van der Waals surface area contributed by atoms with E-state index < -0.39 is 10.8 Å². The van der Waals surface area contributed by atoms with Crippen LogP contribution < -0.4 is 28.7 Å². The number of ether oxygens (including phenoxy) is 4. The maximum atomic E-state index is 6.50. The molecular weight excluding hydrogens is 1320 g/mol. The SMILES string of the molecule is C=Cc1ccc(Oc2ccc(C3(c4ccc(Oc5ccccc5)cc4)c4ccccc4-c4ccc(N(c5ccccc5)c5ccc(-c6ccc(N(c7ccc8c(c7)C(c7ccc(Oc9ccccc9)cc7)(c7ccc(Oc9ccc(C=C)cc9)cc7)c7ccccc7-8)C7C=CC=CC7)cc6)cc5)cc43)cc2)cc1. The number of hydrogen-bond acceptors (Lipinski definition) is 6. The number of benzene rings is 15. The van der Waals surface area contributed by atoms with E-state index in [1.54, 1.807) is 0 Å². The molecule has 516 valence electrons. The molecule has 0 N–H and O–H groups in total. The van der Waals surface area contributed by atoms with Crippen LogP contribution in [0.4, 0.5) is 28.4 Å². The molecule has 0 heterocycles. The van der Waals surface area contributed by atoms with Gasteiger partial charge in [-0.3, -0.25) is 0 Å². The lowest BCUT2D eigenvalue weighted by molar-refractivity contribution is 0.481. The summed E-state index contributed by atoms with van der Waals surface area (Å²) in [6.07, 6.45) is 13.5. The van der Waals surface area contributed by atoms with Crippen molar-refractivity contribution in [2.75, 3.05) is 9.80 Å². The molecule has 3 atom stereocenters. The molecule has 0 bridgehead atoms. The molecule has 15 aromatic rings. The largest absolute Gasteiger partial charge is 0.457 e. The molecule has 0 radical (unpaired) electrons. The Bertz CT molecular complexity index is 5820. The van der Waals surface area contributed by atoms with Gasteiger partial charge in [0.1, 0.15) is 46.0 Å². The molecule has 3 aliphatic rings. The first kappa shape index (κ1) is 66.0. The lowest BCUT2D eigenvalue weighted by Crippen LogP contribution is -2.31. The summed E-state index contributed by atoms with van der Waals surface area (Å²) in [5, 5.41) is 0. The second-order valence-electron chi connectivity index (χ2n) is 27.5. The summed E-state index contributed by atoms with van der Waals surface area (Å²) < 4.78 is 25.9. The predicted molar refractivity (Wildman–Crippen MR) is 443 cm³/mol. The van der Waals surface area contributed by atoms with Gasteiger partial charge < -0.3 is 28.7 Å². The van der Waals surface area contributed by atoms with Crippen LogP contribution >= 0.6 is 0 Å². The zero-order chi connectivity index (χ0) is 72.4. The van der Waals surface area contributed by atoms with Crippen molar-refractivity contribution in [2.24, 2.45) is 0 Å². The van der Waals surface area contributed by atoms with Crippen molar-refractivity contribution in [3.63, 3.8) is 0 Å². The normalized spacial score (nSPS) is 15.5. The molecule has 18 rings (SSSR count). The van der Waals surface area contributed by atoms with E-state index in [2.05, 4.69) is 308 Å². The number of nitrogens with zero attached hydrogens (tertiary/aromatic N) is 2. The summed E-state index contributed by atoms with van der Waals surface area (Å²) in [7, 11) is 0. The standard InChI is InChI=1S/C102H74N2O4/c1-3-71-33-55-87(56-34-71)107-91-63-45-77(46-64-91)101(75-41-59-89(60-42-75)105-85-25-13-7-14-26-85)97-31-19-17-29-93(97)95-67-53-83(69-99(95)101)103(79-21-9-5-10-22-79)81-49-37-73(38-50-81)74-39-51-82(52-40-74)104(80-23-11-6-12-24-80)84-54-68-96-94-30-18-20-32-98(94)102(100(96)70-84,76-43-61-90(62-44-76)106-86-27-15-8-16-28-86)78-47-65-92(66-48-78)108-88-57-35-72(4-2)36-58-88/h3-23,25-70,80H,1-2,24H2. The molecule has 15 aromatic carbocycles. The van der Waals surface area contributed by atoms with Crippen molar-refractivity contribution in [1.82, 2.24) is 0 Å². The first-order valence-corrected chi connectivity index (χ1v) is 36.7. The summed E-state index contributed by atoms with van der Waals surface area (Å²) in [6.45, 7) is 7.88. The second-order valence-corrected chi connectivity index (χ2v) is 27.5. The first-order valence-electron chi connectivity index (χ1n) is 36.7. The van der Waals surface area contributed by atoms with E-state index in [0.29, 0.717) is 0 Å². The molecule has 0 aliphatic heterocycles. The molecule has 6 heteroatoms. The molecule has 3 unspecified atom stereocenters. The van der Waals surface area contributed by atoms with Crippen LogP contribution in [0.3, 0.4) is 0 Å². The molecule has 0 saturated heterocycles. The van der Waals surface area contributed by atoms with Crippen LogP contribution in [-0.4, -0.2) is 6.04 Å². The second kappa shape index (κ2) is 28.6. The Hall–Kier alpha value is -13.9. The lowest BCUT2D eigenvalue weighted by Gasteiger charge is -2.36. The van der Waals surface area contributed by atoms with Crippen molar-refractivity contribution in [3.8, 4) is 79.4 Å². The molecule has 3 aliphatic carbocycles. The molecule has 0 saturated carbocycles. The lowest BCUT2D eigenvalue weighted by atomic mass is 9.67. The van der Waals surface area contributed by atoms with Gasteiger partial charge in [-0.25, -0.2) is 0 Å². The molecule has 0 amide bonds. The molecular formula is C102H74N2O4. The van der Waals surface area contributed by atoms with E-state index in [4.69, 9.17) is 18.9 Å². The highest BCUT2D eigenvalue weighted by molar-refractivity contribution is 5.92. The van der Waals surface area contributed by atoms with Gasteiger partial charge in [0.2, 0.25) is 0 Å². The minimum Gasteiger partial charge on any atom is -0.457 e. The summed E-state index contributed by atoms with van der Waals surface area (Å²) >= 11 is 0. The Morgan fingerprint density at radius 3 is 1.00 bits per heavy atom. The van der Waals surface area contributed by atoms with E-state index >= 15 is 0 Å². The summed E-state index contributed by atoms with van der Waals surface area (Å²) in [5.41, 5.74) is 22.1. The predicted octanol–water partition coefficient (Wildman–Crippen LogP) is 27.0. The van der Waals surface area contributed by atoms with Crippen molar-refractivity contribution >= 4 is 40.6 Å². The van der Waals surface area contributed by atoms with Gasteiger partial charge in [-0.1, -0.05) is 262 Å². The highest BCUT2D eigenvalue weighted by atomic mass is 16.5. The van der Waals surface area contributed by atoms with Crippen LogP contribution in [0, 0.1) is 0 Å². The number of hydrogen-bond donors (Lipinski definition) is 0. The minimum absolute atomic E-state index is 0.0391.